The Labute approximate surface area is 102 Å². The molecule has 0 aliphatic heterocycles. The number of rotatable bonds is 0. The lowest BCUT2D eigenvalue weighted by molar-refractivity contribution is 0.178. The van der Waals surface area contributed by atoms with Crippen molar-refractivity contribution in [3.63, 3.8) is 0 Å². The van der Waals surface area contributed by atoms with Crippen molar-refractivity contribution in [3.05, 3.63) is 70.8 Å². The quantitative estimate of drug-likeness (QED) is 0.729. The van der Waals surface area contributed by atoms with Crippen molar-refractivity contribution in [2.45, 2.75) is 25.4 Å². The number of hydrogen-bond acceptors (Lipinski definition) is 1. The highest BCUT2D eigenvalue weighted by Gasteiger charge is 2.10. The number of aryl methyl sites for hydroxylation is 2. The van der Waals surface area contributed by atoms with Gasteiger partial charge in [-0.2, -0.15) is 0 Å². The van der Waals surface area contributed by atoms with Crippen LogP contribution in [-0.2, 0) is 19.3 Å². The molecule has 0 spiro atoms. The van der Waals surface area contributed by atoms with Gasteiger partial charge < -0.3 is 5.11 Å². The predicted molar refractivity (Wildman–Crippen MR) is 69.0 cm³/mol. The minimum absolute atomic E-state index is 0.394. The summed E-state index contributed by atoms with van der Waals surface area (Å²) in [7, 11) is 0. The van der Waals surface area contributed by atoms with E-state index in [1.807, 2.05) is 12.1 Å². The molecule has 0 saturated heterocycles. The van der Waals surface area contributed by atoms with Gasteiger partial charge in [0.25, 0.3) is 0 Å². The number of hydrogen-bond donors (Lipinski definition) is 1. The van der Waals surface area contributed by atoms with E-state index in [1.165, 1.54) is 16.7 Å². The lowest BCUT2D eigenvalue weighted by Crippen LogP contribution is -2.03. The van der Waals surface area contributed by atoms with Crippen LogP contribution in [0.2, 0.25) is 0 Å². The minimum Gasteiger partial charge on any atom is -0.388 e. The van der Waals surface area contributed by atoms with Crippen molar-refractivity contribution < 1.29 is 5.11 Å². The normalized spacial score (nSPS) is 18.8. The molecule has 6 rings (SSSR count). The Kier molecular flexibility index (Phi) is 2.69. The van der Waals surface area contributed by atoms with E-state index in [0.29, 0.717) is 6.42 Å². The fraction of sp³-hybridized carbons (Fsp3) is 0.250. The van der Waals surface area contributed by atoms with E-state index in [0.717, 1.165) is 18.4 Å². The monoisotopic (exact) mass is 224 g/mol. The van der Waals surface area contributed by atoms with Crippen LogP contribution < -0.4 is 0 Å². The highest BCUT2D eigenvalue weighted by atomic mass is 16.3. The second-order valence-corrected chi connectivity index (χ2v) is 4.78. The summed E-state index contributed by atoms with van der Waals surface area (Å²) in [5.74, 6) is 0. The van der Waals surface area contributed by atoms with Crippen molar-refractivity contribution in [2.24, 2.45) is 0 Å². The number of aliphatic hydroxyl groups excluding tert-OH is 1. The molecular formula is C16H16O. The Morgan fingerprint density at radius 1 is 0.706 bits per heavy atom. The second-order valence-electron chi connectivity index (χ2n) is 4.78. The van der Waals surface area contributed by atoms with E-state index in [-0.39, 0.29) is 0 Å². The summed E-state index contributed by atoms with van der Waals surface area (Å²) in [6.07, 6.45) is 2.45. The lowest BCUT2D eigenvalue weighted by atomic mass is 9.95. The first kappa shape index (κ1) is 10.5. The van der Waals surface area contributed by atoms with E-state index in [9.17, 15) is 5.11 Å². The molecule has 2 aromatic carbocycles. The Balaban J connectivity index is 2.02. The molecule has 0 amide bonds. The van der Waals surface area contributed by atoms with E-state index in [2.05, 4.69) is 36.4 Å². The predicted octanol–water partition coefficient (Wildman–Crippen LogP) is 3.06. The Hall–Kier alpha value is -1.60. The van der Waals surface area contributed by atoms with Gasteiger partial charge in [-0.25, -0.2) is 0 Å². The zero-order valence-electron chi connectivity index (χ0n) is 9.76. The zero-order chi connectivity index (χ0) is 11.7. The minimum atomic E-state index is -0.394. The summed E-state index contributed by atoms with van der Waals surface area (Å²) in [6, 6.07) is 17.0. The molecule has 86 valence electrons. The van der Waals surface area contributed by atoms with Gasteiger partial charge in [-0.3, -0.25) is 0 Å². The zero-order valence-corrected chi connectivity index (χ0v) is 9.76. The molecule has 0 unspecified atom stereocenters. The first-order valence-electron chi connectivity index (χ1n) is 6.16. The van der Waals surface area contributed by atoms with Crippen LogP contribution in [0.4, 0.5) is 0 Å². The third-order valence-electron chi connectivity index (χ3n) is 3.52. The molecule has 0 fully saturated rings. The molecule has 0 radical (unpaired) electrons. The molecule has 0 saturated carbocycles. The van der Waals surface area contributed by atoms with Gasteiger partial charge in [0, 0.05) is 6.42 Å². The fourth-order valence-electron chi connectivity index (χ4n) is 2.38. The summed E-state index contributed by atoms with van der Waals surface area (Å²) >= 11 is 0. The summed E-state index contributed by atoms with van der Waals surface area (Å²) < 4.78 is 0. The van der Waals surface area contributed by atoms with Gasteiger partial charge in [-0.15, -0.1) is 0 Å². The van der Waals surface area contributed by atoms with Crippen LogP contribution in [-0.4, -0.2) is 5.11 Å². The van der Waals surface area contributed by atoms with Crippen LogP contribution in [0.5, 0.6) is 0 Å². The summed E-state index contributed by atoms with van der Waals surface area (Å²) in [6.45, 7) is 0. The van der Waals surface area contributed by atoms with E-state index >= 15 is 0 Å². The van der Waals surface area contributed by atoms with Crippen LogP contribution in [0.1, 0.15) is 28.4 Å². The van der Waals surface area contributed by atoms with Gasteiger partial charge in [0.05, 0.1) is 6.10 Å². The molecule has 1 heteroatoms. The van der Waals surface area contributed by atoms with Gasteiger partial charge in [-0.1, -0.05) is 48.5 Å². The molecule has 4 aliphatic carbocycles. The molecule has 0 aromatic heterocycles. The summed E-state index contributed by atoms with van der Waals surface area (Å²) in [5.41, 5.74) is 4.92. The number of aliphatic hydroxyl groups is 1. The molecule has 1 atom stereocenters. The third-order valence-corrected chi connectivity index (χ3v) is 3.52. The molecule has 17 heavy (non-hydrogen) atoms. The smallest absolute Gasteiger partial charge is 0.0830 e. The second kappa shape index (κ2) is 4.34. The molecule has 0 heterocycles. The van der Waals surface area contributed by atoms with Crippen molar-refractivity contribution in [2.75, 3.05) is 0 Å². The van der Waals surface area contributed by atoms with Gasteiger partial charge in [-0.05, 0) is 35.1 Å². The van der Waals surface area contributed by atoms with Crippen molar-refractivity contribution in [1.82, 2.24) is 0 Å². The maximum Gasteiger partial charge on any atom is 0.0830 e. The Bertz CT molecular complexity index is 496. The van der Waals surface area contributed by atoms with Gasteiger partial charge >= 0.3 is 0 Å². The topological polar surface area (TPSA) is 20.2 Å². The molecule has 4 bridgehead atoms. The molecule has 1 nitrogen and oxygen atoms in total. The van der Waals surface area contributed by atoms with Gasteiger partial charge in [0.15, 0.2) is 0 Å². The van der Waals surface area contributed by atoms with Crippen molar-refractivity contribution in [1.29, 1.82) is 0 Å². The standard InChI is InChI=1S/C16H16O/c17-16-11-14-5-3-12(4-6-14)1-2-13-7-9-15(16)10-8-13/h3-10,16-17H,1-2,11H2/t16-/m1/s1. The van der Waals surface area contributed by atoms with Crippen LogP contribution in [0.15, 0.2) is 48.5 Å². The van der Waals surface area contributed by atoms with Crippen LogP contribution in [0, 0.1) is 0 Å². The maximum atomic E-state index is 10.2. The van der Waals surface area contributed by atoms with Crippen molar-refractivity contribution in [3.8, 4) is 0 Å². The SMILES string of the molecule is O[C@@H]1Cc2ccc(cc2)CCc2ccc1cc2. The molecule has 2 aromatic rings. The molecule has 1 N–H and O–H groups in total. The molecule has 4 aliphatic rings. The van der Waals surface area contributed by atoms with Crippen molar-refractivity contribution >= 4 is 0 Å². The highest BCUT2D eigenvalue weighted by Crippen LogP contribution is 2.21. The Morgan fingerprint density at radius 3 is 1.76 bits per heavy atom. The van der Waals surface area contributed by atoms with Crippen LogP contribution >= 0.6 is 0 Å². The first-order chi connectivity index (χ1) is 8.31. The van der Waals surface area contributed by atoms with Crippen LogP contribution in [0.25, 0.3) is 0 Å². The summed E-state index contributed by atoms with van der Waals surface area (Å²) in [5, 5.41) is 10.2. The molecular weight excluding hydrogens is 208 g/mol. The summed E-state index contributed by atoms with van der Waals surface area (Å²) in [4.78, 5) is 0. The van der Waals surface area contributed by atoms with E-state index in [1.54, 1.807) is 0 Å². The fourth-order valence-corrected chi connectivity index (χ4v) is 2.38. The van der Waals surface area contributed by atoms with Gasteiger partial charge in [0.1, 0.15) is 0 Å². The first-order valence-corrected chi connectivity index (χ1v) is 6.16. The maximum absolute atomic E-state index is 10.2. The largest absolute Gasteiger partial charge is 0.388 e. The lowest BCUT2D eigenvalue weighted by Gasteiger charge is -2.14. The average molecular weight is 224 g/mol. The van der Waals surface area contributed by atoms with Gasteiger partial charge in [0.2, 0.25) is 0 Å². The third kappa shape index (κ3) is 2.25. The van der Waals surface area contributed by atoms with E-state index in [4.69, 9.17) is 0 Å². The average Bonchev–Trinajstić information content (AvgIpc) is 2.36. The van der Waals surface area contributed by atoms with Crippen LogP contribution in [0.3, 0.4) is 0 Å². The highest BCUT2D eigenvalue weighted by molar-refractivity contribution is 5.30. The van der Waals surface area contributed by atoms with E-state index < -0.39 is 6.10 Å². The Morgan fingerprint density at radius 2 is 1.18 bits per heavy atom. The number of benzene rings is 2.